The highest BCUT2D eigenvalue weighted by Crippen LogP contribution is 2.30. The summed E-state index contributed by atoms with van der Waals surface area (Å²) in [4.78, 5) is 28.3. The lowest BCUT2D eigenvalue weighted by atomic mass is 9.95. The number of piperidine rings is 1. The molecule has 0 aliphatic carbocycles. The second kappa shape index (κ2) is 10.6. The first-order valence-electron chi connectivity index (χ1n) is 12.5. The van der Waals surface area contributed by atoms with E-state index in [1.54, 1.807) is 9.25 Å². The maximum atomic E-state index is 13.4. The van der Waals surface area contributed by atoms with Crippen molar-refractivity contribution in [2.75, 3.05) is 13.1 Å². The molecule has 2 heterocycles. The monoisotopic (exact) mass is 482 g/mol. The first kappa shape index (κ1) is 23.6. The zero-order valence-corrected chi connectivity index (χ0v) is 20.4. The predicted octanol–water partition coefficient (Wildman–Crippen LogP) is 4.93. The molecule has 0 N–H and O–H groups in total. The van der Waals surface area contributed by atoms with E-state index in [9.17, 15) is 9.59 Å². The van der Waals surface area contributed by atoms with Crippen molar-refractivity contribution in [2.45, 2.75) is 38.8 Å². The van der Waals surface area contributed by atoms with Gasteiger partial charge in [-0.25, -0.2) is 9.48 Å². The van der Waals surface area contributed by atoms with E-state index in [1.807, 2.05) is 96.8 Å². The van der Waals surface area contributed by atoms with E-state index in [1.165, 1.54) is 0 Å². The molecule has 0 saturated carbocycles. The van der Waals surface area contributed by atoms with Gasteiger partial charge in [0.25, 0.3) is 5.91 Å². The number of carbonyl (C=O) groups is 1. The summed E-state index contributed by atoms with van der Waals surface area (Å²) in [5.41, 5.74) is 1.52. The highest BCUT2D eigenvalue weighted by atomic mass is 16.5. The van der Waals surface area contributed by atoms with Gasteiger partial charge >= 0.3 is 5.69 Å². The van der Waals surface area contributed by atoms with Crippen molar-refractivity contribution >= 4 is 5.91 Å². The van der Waals surface area contributed by atoms with Crippen LogP contribution in [0.1, 0.15) is 47.4 Å². The molecule has 7 nitrogen and oxygen atoms in total. The molecule has 0 radical (unpaired) electrons. The molecule has 1 saturated heterocycles. The standard InChI is InChI=1S/C29H30N4O3/c1-2-32-27(30-33(29(32)35)21-22-11-5-3-6-12-22)23-17-19-31(20-18-23)28(34)25-15-9-10-16-26(25)36-24-13-7-4-8-14-24/h3-16,23H,2,17-21H2,1H3. The lowest BCUT2D eigenvalue weighted by Crippen LogP contribution is -2.38. The summed E-state index contributed by atoms with van der Waals surface area (Å²) < 4.78 is 9.34. The number of likely N-dealkylation sites (tertiary alicyclic amines) is 1. The molecule has 36 heavy (non-hydrogen) atoms. The largest absolute Gasteiger partial charge is 0.457 e. The maximum absolute atomic E-state index is 13.4. The van der Waals surface area contributed by atoms with Gasteiger partial charge in [0.05, 0.1) is 12.1 Å². The summed E-state index contributed by atoms with van der Waals surface area (Å²) >= 11 is 0. The number of aromatic nitrogens is 3. The minimum Gasteiger partial charge on any atom is -0.457 e. The first-order chi connectivity index (χ1) is 17.6. The van der Waals surface area contributed by atoms with Gasteiger partial charge in [-0.15, -0.1) is 0 Å². The molecule has 7 heteroatoms. The van der Waals surface area contributed by atoms with Crippen LogP contribution in [0.5, 0.6) is 11.5 Å². The highest BCUT2D eigenvalue weighted by molar-refractivity contribution is 5.97. The van der Waals surface area contributed by atoms with Crippen molar-refractivity contribution in [3.8, 4) is 11.5 Å². The molecule has 184 valence electrons. The van der Waals surface area contributed by atoms with Gasteiger partial charge in [0, 0.05) is 25.6 Å². The lowest BCUT2D eigenvalue weighted by Gasteiger charge is -2.32. The van der Waals surface area contributed by atoms with Crippen molar-refractivity contribution in [3.63, 3.8) is 0 Å². The van der Waals surface area contributed by atoms with E-state index in [0.29, 0.717) is 43.2 Å². The van der Waals surface area contributed by atoms with Gasteiger partial charge in [-0.1, -0.05) is 60.7 Å². The predicted molar refractivity (Wildman–Crippen MR) is 139 cm³/mol. The Bertz CT molecular complexity index is 1370. The number of nitrogens with zero attached hydrogens (tertiary/aromatic N) is 4. The van der Waals surface area contributed by atoms with Crippen molar-refractivity contribution in [1.29, 1.82) is 0 Å². The number of ether oxygens (including phenoxy) is 1. The van der Waals surface area contributed by atoms with Crippen LogP contribution in [0.4, 0.5) is 0 Å². The number of hydrogen-bond acceptors (Lipinski definition) is 4. The molecular weight excluding hydrogens is 452 g/mol. The third-order valence-electron chi connectivity index (χ3n) is 6.68. The number of benzene rings is 3. The fourth-order valence-corrected chi connectivity index (χ4v) is 4.78. The van der Waals surface area contributed by atoms with Gasteiger partial charge in [-0.05, 0) is 49.6 Å². The molecule has 0 bridgehead atoms. The van der Waals surface area contributed by atoms with Gasteiger partial charge < -0.3 is 9.64 Å². The molecule has 0 spiro atoms. The minimum absolute atomic E-state index is 0.0394. The Morgan fingerprint density at radius 3 is 2.25 bits per heavy atom. The number of hydrogen-bond donors (Lipinski definition) is 0. The molecule has 0 unspecified atom stereocenters. The Balaban J connectivity index is 1.29. The van der Waals surface area contributed by atoms with E-state index in [-0.39, 0.29) is 17.5 Å². The van der Waals surface area contributed by atoms with E-state index in [4.69, 9.17) is 9.84 Å². The van der Waals surface area contributed by atoms with Crippen LogP contribution in [0.15, 0.2) is 89.7 Å². The van der Waals surface area contributed by atoms with Gasteiger partial charge in [0.2, 0.25) is 0 Å². The number of rotatable bonds is 7. The first-order valence-corrected chi connectivity index (χ1v) is 12.5. The van der Waals surface area contributed by atoms with Gasteiger partial charge in [-0.3, -0.25) is 9.36 Å². The van der Waals surface area contributed by atoms with E-state index in [2.05, 4.69) is 0 Å². The quantitative estimate of drug-likeness (QED) is 0.375. The molecule has 1 fully saturated rings. The Hall–Kier alpha value is -4.13. The zero-order valence-electron chi connectivity index (χ0n) is 20.4. The number of amides is 1. The molecule has 1 amide bonds. The molecular formula is C29H30N4O3. The molecule has 1 aliphatic heterocycles. The molecule has 0 atom stereocenters. The summed E-state index contributed by atoms with van der Waals surface area (Å²) in [6, 6.07) is 26.7. The van der Waals surface area contributed by atoms with Crippen LogP contribution in [0.25, 0.3) is 0 Å². The summed E-state index contributed by atoms with van der Waals surface area (Å²) in [7, 11) is 0. The second-order valence-electron chi connectivity index (χ2n) is 9.01. The fraction of sp³-hybridized carbons (Fsp3) is 0.276. The van der Waals surface area contributed by atoms with E-state index in [0.717, 1.165) is 24.2 Å². The Morgan fingerprint density at radius 2 is 1.56 bits per heavy atom. The van der Waals surface area contributed by atoms with Crippen LogP contribution in [0, 0.1) is 0 Å². The van der Waals surface area contributed by atoms with Crippen molar-refractivity contribution in [1.82, 2.24) is 19.2 Å². The van der Waals surface area contributed by atoms with Crippen LogP contribution >= 0.6 is 0 Å². The van der Waals surface area contributed by atoms with Crippen molar-refractivity contribution in [2.24, 2.45) is 0 Å². The van der Waals surface area contributed by atoms with Crippen molar-refractivity contribution in [3.05, 3.63) is 112 Å². The normalized spacial score (nSPS) is 14.1. The van der Waals surface area contributed by atoms with Gasteiger partial charge in [0.1, 0.15) is 17.3 Å². The van der Waals surface area contributed by atoms with Gasteiger partial charge in [-0.2, -0.15) is 5.10 Å². The van der Waals surface area contributed by atoms with Crippen LogP contribution in [-0.4, -0.2) is 38.2 Å². The Labute approximate surface area is 210 Å². The Morgan fingerprint density at radius 1 is 0.917 bits per heavy atom. The maximum Gasteiger partial charge on any atom is 0.346 e. The summed E-state index contributed by atoms with van der Waals surface area (Å²) in [6.45, 7) is 4.21. The van der Waals surface area contributed by atoms with E-state index < -0.39 is 0 Å². The van der Waals surface area contributed by atoms with Gasteiger partial charge in [0.15, 0.2) is 0 Å². The fourth-order valence-electron chi connectivity index (χ4n) is 4.78. The minimum atomic E-state index is -0.0816. The molecule has 3 aromatic carbocycles. The van der Waals surface area contributed by atoms with Crippen LogP contribution in [0.3, 0.4) is 0 Å². The average molecular weight is 483 g/mol. The molecule has 1 aliphatic rings. The van der Waals surface area contributed by atoms with Crippen LogP contribution < -0.4 is 10.4 Å². The smallest absolute Gasteiger partial charge is 0.346 e. The number of para-hydroxylation sites is 2. The second-order valence-corrected chi connectivity index (χ2v) is 9.01. The van der Waals surface area contributed by atoms with Crippen LogP contribution in [0.2, 0.25) is 0 Å². The summed E-state index contributed by atoms with van der Waals surface area (Å²) in [5, 5.41) is 4.73. The van der Waals surface area contributed by atoms with Crippen molar-refractivity contribution < 1.29 is 9.53 Å². The number of carbonyl (C=O) groups excluding carboxylic acids is 1. The summed E-state index contributed by atoms with van der Waals surface area (Å²) in [6.07, 6.45) is 1.52. The summed E-state index contributed by atoms with van der Waals surface area (Å²) in [5.74, 6) is 2.16. The van der Waals surface area contributed by atoms with E-state index >= 15 is 0 Å². The highest BCUT2D eigenvalue weighted by Gasteiger charge is 2.29. The third kappa shape index (κ3) is 4.96. The average Bonchev–Trinajstić information content (AvgIpc) is 3.24. The molecule has 5 rings (SSSR count). The Kier molecular flexibility index (Phi) is 6.98. The topological polar surface area (TPSA) is 69.4 Å². The zero-order chi connectivity index (χ0) is 24.9. The third-order valence-corrected chi connectivity index (χ3v) is 6.68. The SMILES string of the molecule is CCn1c(C2CCN(C(=O)c3ccccc3Oc3ccccc3)CC2)nn(Cc2ccccc2)c1=O. The van der Waals surface area contributed by atoms with Crippen LogP contribution in [-0.2, 0) is 13.1 Å². The molecule has 1 aromatic heterocycles. The molecule has 4 aromatic rings. The lowest BCUT2D eigenvalue weighted by molar-refractivity contribution is 0.0707.